The second kappa shape index (κ2) is 8.38. The lowest BCUT2D eigenvalue weighted by Gasteiger charge is -2.17. The molecule has 1 heterocycles. The summed E-state index contributed by atoms with van der Waals surface area (Å²) < 4.78 is 5.85. The van der Waals surface area contributed by atoms with Crippen LogP contribution in [0.3, 0.4) is 0 Å². The van der Waals surface area contributed by atoms with Gasteiger partial charge in [0.2, 0.25) is 0 Å². The number of hydrogen-bond donors (Lipinski definition) is 2. The average molecular weight is 464 g/mol. The second-order valence-electron chi connectivity index (χ2n) is 6.43. The molecule has 1 unspecified atom stereocenters. The van der Waals surface area contributed by atoms with Gasteiger partial charge in [-0.2, -0.15) is 5.26 Å². The highest BCUT2D eigenvalue weighted by molar-refractivity contribution is 9.10. The molecule has 0 radical (unpaired) electrons. The number of benzene rings is 1. The van der Waals surface area contributed by atoms with Crippen molar-refractivity contribution >= 4 is 55.5 Å². The molecule has 1 atom stereocenters. The predicted molar refractivity (Wildman–Crippen MR) is 115 cm³/mol. The zero-order valence-electron chi connectivity index (χ0n) is 14.9. The number of carbonyl (C=O) groups is 1. The summed E-state index contributed by atoms with van der Waals surface area (Å²) in [7, 11) is 1.56. The highest BCUT2D eigenvalue weighted by Crippen LogP contribution is 2.39. The number of anilines is 1. The summed E-state index contributed by atoms with van der Waals surface area (Å²) in [4.78, 5) is 13.7. The van der Waals surface area contributed by atoms with Gasteiger partial charge in [0.05, 0.1) is 17.1 Å². The van der Waals surface area contributed by atoms with Gasteiger partial charge in [0.15, 0.2) is 5.11 Å². The van der Waals surface area contributed by atoms with E-state index in [1.807, 2.05) is 0 Å². The van der Waals surface area contributed by atoms with E-state index >= 15 is 0 Å². The second-order valence-corrected chi connectivity index (χ2v) is 8.79. The number of halogens is 1. The first-order chi connectivity index (χ1) is 12.9. The van der Waals surface area contributed by atoms with Crippen molar-refractivity contribution in [1.82, 2.24) is 5.32 Å². The van der Waals surface area contributed by atoms with E-state index in [-0.39, 0.29) is 11.0 Å². The van der Waals surface area contributed by atoms with Crippen LogP contribution < -0.4 is 15.4 Å². The first-order valence-electron chi connectivity index (χ1n) is 8.43. The minimum absolute atomic E-state index is 0.176. The molecule has 0 aliphatic heterocycles. The summed E-state index contributed by atoms with van der Waals surface area (Å²) in [5.74, 6) is 0.935. The molecule has 0 spiro atoms. The van der Waals surface area contributed by atoms with Crippen molar-refractivity contribution in [2.24, 2.45) is 5.92 Å². The number of ether oxygens (including phenoxy) is 1. The van der Waals surface area contributed by atoms with Crippen molar-refractivity contribution in [2.75, 3.05) is 12.4 Å². The van der Waals surface area contributed by atoms with Gasteiger partial charge in [-0.3, -0.25) is 10.1 Å². The highest BCUT2D eigenvalue weighted by atomic mass is 79.9. The number of amides is 1. The quantitative estimate of drug-likeness (QED) is 0.648. The smallest absolute Gasteiger partial charge is 0.257 e. The minimum atomic E-state index is -0.329. The maximum Gasteiger partial charge on any atom is 0.257 e. The van der Waals surface area contributed by atoms with E-state index in [1.165, 1.54) is 4.88 Å². The Hall–Kier alpha value is -1.95. The molecule has 3 rings (SSSR count). The SMILES string of the molecule is COc1ccc(C(=O)NC(=S)Nc2sc3c(c2C#N)CCC(C)C3)cc1Br. The fourth-order valence-electron chi connectivity index (χ4n) is 3.07. The van der Waals surface area contributed by atoms with E-state index in [2.05, 4.69) is 39.6 Å². The Labute approximate surface area is 175 Å². The molecular formula is C19H18BrN3O2S2. The summed E-state index contributed by atoms with van der Waals surface area (Å²) in [6, 6.07) is 7.32. The highest BCUT2D eigenvalue weighted by Gasteiger charge is 2.24. The molecule has 2 aromatic rings. The van der Waals surface area contributed by atoms with Crippen LogP contribution in [0.5, 0.6) is 5.75 Å². The Kier molecular flexibility index (Phi) is 6.15. The molecule has 0 saturated carbocycles. The van der Waals surface area contributed by atoms with Crippen molar-refractivity contribution in [3.8, 4) is 11.8 Å². The number of nitriles is 1. The molecule has 0 fully saturated rings. The van der Waals surface area contributed by atoms with Crippen LogP contribution in [0.4, 0.5) is 5.00 Å². The third kappa shape index (κ3) is 4.32. The fourth-order valence-corrected chi connectivity index (χ4v) is 5.24. The van der Waals surface area contributed by atoms with Gasteiger partial charge in [-0.1, -0.05) is 6.92 Å². The lowest BCUT2D eigenvalue weighted by Crippen LogP contribution is -2.34. The van der Waals surface area contributed by atoms with Gasteiger partial charge in [0, 0.05) is 10.4 Å². The monoisotopic (exact) mass is 463 g/mol. The largest absolute Gasteiger partial charge is 0.496 e. The zero-order valence-corrected chi connectivity index (χ0v) is 18.1. The summed E-state index contributed by atoms with van der Waals surface area (Å²) >= 11 is 10.2. The molecule has 0 saturated heterocycles. The van der Waals surface area contributed by atoms with Gasteiger partial charge >= 0.3 is 0 Å². The zero-order chi connectivity index (χ0) is 19.6. The van der Waals surface area contributed by atoms with Crippen LogP contribution in [0.15, 0.2) is 22.7 Å². The van der Waals surface area contributed by atoms with E-state index < -0.39 is 0 Å². The number of fused-ring (bicyclic) bond motifs is 1. The lowest BCUT2D eigenvalue weighted by molar-refractivity contribution is 0.0977. The number of thiophene rings is 1. The molecule has 8 heteroatoms. The molecule has 2 N–H and O–H groups in total. The van der Waals surface area contributed by atoms with Gasteiger partial charge < -0.3 is 10.1 Å². The Balaban J connectivity index is 1.72. The molecule has 1 aromatic carbocycles. The van der Waals surface area contributed by atoms with Gasteiger partial charge in [0.25, 0.3) is 5.91 Å². The standard InChI is InChI=1S/C19H18BrN3O2S2/c1-10-3-5-12-13(9-21)18(27-16(12)7-10)23-19(26)22-17(24)11-4-6-15(25-2)14(20)8-11/h4,6,8,10H,3,5,7H2,1-2H3,(H2,22,23,24,26). The third-order valence-corrected chi connectivity index (χ3v) is 6.49. The summed E-state index contributed by atoms with van der Waals surface area (Å²) in [5, 5.41) is 16.1. The number of hydrogen-bond acceptors (Lipinski definition) is 5. The topological polar surface area (TPSA) is 74.2 Å². The molecule has 0 bridgehead atoms. The molecule has 1 aromatic heterocycles. The number of rotatable bonds is 3. The van der Waals surface area contributed by atoms with Crippen molar-refractivity contribution in [1.29, 1.82) is 5.26 Å². The van der Waals surface area contributed by atoms with E-state index in [0.29, 0.717) is 32.3 Å². The van der Waals surface area contributed by atoms with Crippen LogP contribution in [0, 0.1) is 17.2 Å². The first kappa shape index (κ1) is 19.8. The van der Waals surface area contributed by atoms with Crippen LogP contribution in [-0.4, -0.2) is 18.1 Å². The average Bonchev–Trinajstić information content (AvgIpc) is 2.97. The first-order valence-corrected chi connectivity index (χ1v) is 10.4. The number of nitrogens with one attached hydrogen (secondary N) is 2. The summed E-state index contributed by atoms with van der Waals surface area (Å²) in [6.45, 7) is 2.22. The van der Waals surface area contributed by atoms with E-state index in [9.17, 15) is 10.1 Å². The Bertz CT molecular complexity index is 949. The molecule has 140 valence electrons. The number of nitrogens with zero attached hydrogens (tertiary/aromatic N) is 1. The molecule has 27 heavy (non-hydrogen) atoms. The van der Waals surface area contributed by atoms with Crippen LogP contribution >= 0.6 is 39.5 Å². The van der Waals surface area contributed by atoms with Gasteiger partial charge in [-0.15, -0.1) is 11.3 Å². The molecule has 1 amide bonds. The van der Waals surface area contributed by atoms with E-state index in [1.54, 1.807) is 36.6 Å². The van der Waals surface area contributed by atoms with Crippen LogP contribution in [0.2, 0.25) is 0 Å². The summed E-state index contributed by atoms with van der Waals surface area (Å²) in [5.41, 5.74) is 2.22. The summed E-state index contributed by atoms with van der Waals surface area (Å²) in [6.07, 6.45) is 2.98. The van der Waals surface area contributed by atoms with Crippen LogP contribution in [0.25, 0.3) is 0 Å². The van der Waals surface area contributed by atoms with Gasteiger partial charge in [-0.25, -0.2) is 0 Å². The molecule has 5 nitrogen and oxygen atoms in total. The van der Waals surface area contributed by atoms with Crippen molar-refractivity contribution in [3.63, 3.8) is 0 Å². The lowest BCUT2D eigenvalue weighted by atomic mass is 9.89. The minimum Gasteiger partial charge on any atom is -0.496 e. The molecule has 1 aliphatic rings. The van der Waals surface area contributed by atoms with E-state index in [4.69, 9.17) is 17.0 Å². The number of thiocarbonyl (C=S) groups is 1. The maximum atomic E-state index is 12.4. The predicted octanol–water partition coefficient (Wildman–Crippen LogP) is 4.64. The molecular weight excluding hydrogens is 446 g/mol. The Morgan fingerprint density at radius 1 is 1.48 bits per heavy atom. The number of methoxy groups -OCH3 is 1. The fraction of sp³-hybridized carbons (Fsp3) is 0.316. The van der Waals surface area contributed by atoms with Crippen molar-refractivity contribution < 1.29 is 9.53 Å². The Morgan fingerprint density at radius 3 is 2.93 bits per heavy atom. The van der Waals surface area contributed by atoms with Crippen molar-refractivity contribution in [3.05, 3.63) is 44.2 Å². The van der Waals surface area contributed by atoms with Gasteiger partial charge in [-0.05, 0) is 77.1 Å². The van der Waals surface area contributed by atoms with Crippen LogP contribution in [0.1, 0.15) is 39.7 Å². The third-order valence-electron chi connectivity index (χ3n) is 4.49. The Morgan fingerprint density at radius 2 is 2.26 bits per heavy atom. The van der Waals surface area contributed by atoms with Crippen molar-refractivity contribution in [2.45, 2.75) is 26.2 Å². The number of carbonyl (C=O) groups excluding carboxylic acids is 1. The van der Waals surface area contributed by atoms with E-state index in [0.717, 1.165) is 24.8 Å². The van der Waals surface area contributed by atoms with Crippen LogP contribution in [-0.2, 0) is 12.8 Å². The maximum absolute atomic E-state index is 12.4. The van der Waals surface area contributed by atoms with Gasteiger partial charge in [0.1, 0.15) is 16.8 Å². The normalized spacial score (nSPS) is 15.4. The molecule has 1 aliphatic carbocycles.